The van der Waals surface area contributed by atoms with Crippen LogP contribution in [0.15, 0.2) is 36.9 Å². The number of carbonyl (C=O) groups excluding carboxylic acids is 1. The van der Waals surface area contributed by atoms with Crippen molar-refractivity contribution in [2.45, 2.75) is 45.8 Å². The first kappa shape index (κ1) is 32.3. The molecule has 3 aromatic rings. The minimum atomic E-state index is -2.48. The van der Waals surface area contributed by atoms with E-state index in [1.54, 1.807) is 21.7 Å². The maximum Gasteiger partial charge on any atom is 0.251 e. The summed E-state index contributed by atoms with van der Waals surface area (Å²) < 4.78 is 57.1. The number of anilines is 2. The van der Waals surface area contributed by atoms with Crippen molar-refractivity contribution in [3.8, 4) is 16.9 Å². The standard InChI is InChI=1S/C29H31ClF4N6O2.CH4/c1-5-23(42)39-10-16(3)40(11-15(39)2)28-18-9-19(30)24(25-20(31)7-6-8-21(25)41)26(34)27(18)35-29(36-28)38-12-17(13-38)37(4)14-22(32)33;/h5-9,15-17,22,41H,1,10-14H2,2-4H3;1H4/t15-,16+;/m1./s1. The summed E-state index contributed by atoms with van der Waals surface area (Å²) in [6.07, 6.45) is -1.22. The molecule has 0 radical (unpaired) electrons. The molecule has 2 saturated heterocycles. The fraction of sp³-hybridized carbons (Fsp3) is 0.433. The Hall–Kier alpha value is -3.64. The molecule has 2 fully saturated rings. The number of fused-ring (bicyclic) bond motifs is 1. The van der Waals surface area contributed by atoms with Crippen LogP contribution in [0.4, 0.5) is 29.3 Å². The van der Waals surface area contributed by atoms with Crippen molar-refractivity contribution in [1.29, 1.82) is 0 Å². The third-order valence-corrected chi connectivity index (χ3v) is 8.30. The van der Waals surface area contributed by atoms with Gasteiger partial charge in [0, 0.05) is 55.3 Å². The number of aromatic nitrogens is 2. The van der Waals surface area contributed by atoms with Crippen molar-refractivity contribution in [2.24, 2.45) is 0 Å². The zero-order valence-electron chi connectivity index (χ0n) is 23.4. The summed E-state index contributed by atoms with van der Waals surface area (Å²) in [6.45, 7) is 8.40. The molecular formula is C30H35ClF4N6O2. The Morgan fingerprint density at radius 1 is 1.16 bits per heavy atom. The van der Waals surface area contributed by atoms with Crippen molar-refractivity contribution in [1.82, 2.24) is 19.8 Å². The zero-order valence-corrected chi connectivity index (χ0v) is 24.1. The van der Waals surface area contributed by atoms with Gasteiger partial charge in [-0.15, -0.1) is 0 Å². The second-order valence-electron chi connectivity index (χ2n) is 10.9. The van der Waals surface area contributed by atoms with Crippen molar-refractivity contribution >= 4 is 40.2 Å². The molecule has 0 bridgehead atoms. The third-order valence-electron chi connectivity index (χ3n) is 8.00. The third kappa shape index (κ3) is 5.95. The van der Waals surface area contributed by atoms with E-state index in [0.29, 0.717) is 32.0 Å². The maximum atomic E-state index is 16.4. The number of hydrogen-bond donors (Lipinski definition) is 1. The summed E-state index contributed by atoms with van der Waals surface area (Å²) in [5.74, 6) is -1.94. The van der Waals surface area contributed by atoms with Gasteiger partial charge in [0.25, 0.3) is 6.43 Å². The molecule has 1 amide bonds. The molecule has 0 spiro atoms. The molecule has 2 aromatic carbocycles. The Kier molecular flexibility index (Phi) is 9.41. The molecule has 2 atom stereocenters. The van der Waals surface area contributed by atoms with Gasteiger partial charge in [0.1, 0.15) is 22.9 Å². The average molecular weight is 623 g/mol. The van der Waals surface area contributed by atoms with Crippen LogP contribution in [0.5, 0.6) is 5.75 Å². The lowest BCUT2D eigenvalue weighted by molar-refractivity contribution is -0.128. The van der Waals surface area contributed by atoms with Gasteiger partial charge in [-0.25, -0.2) is 22.5 Å². The summed E-state index contributed by atoms with van der Waals surface area (Å²) in [6, 6.07) is 4.43. The van der Waals surface area contributed by atoms with E-state index in [9.17, 15) is 23.1 Å². The van der Waals surface area contributed by atoms with E-state index in [1.165, 1.54) is 24.3 Å². The predicted molar refractivity (Wildman–Crippen MR) is 161 cm³/mol. The molecule has 13 heteroatoms. The minimum absolute atomic E-state index is 0. The monoisotopic (exact) mass is 622 g/mol. The Labute approximate surface area is 253 Å². The topological polar surface area (TPSA) is 76.0 Å². The molecule has 232 valence electrons. The fourth-order valence-electron chi connectivity index (χ4n) is 5.63. The van der Waals surface area contributed by atoms with Crippen LogP contribution < -0.4 is 9.80 Å². The van der Waals surface area contributed by atoms with Gasteiger partial charge in [-0.05, 0) is 45.2 Å². The second kappa shape index (κ2) is 12.5. The number of piperazine rings is 1. The van der Waals surface area contributed by atoms with Crippen LogP contribution in [0.2, 0.25) is 5.02 Å². The highest BCUT2D eigenvalue weighted by Gasteiger charge is 2.37. The fourth-order valence-corrected chi connectivity index (χ4v) is 5.91. The molecule has 5 rings (SSSR count). The number of alkyl halides is 2. The molecular weight excluding hydrogens is 588 g/mol. The molecule has 1 aromatic heterocycles. The SMILES string of the molecule is C.C=CC(=O)N1C[C@H](C)N(c2nc(N3CC(N(C)CC(F)F)C3)nc3c(F)c(-c4c(O)cccc4F)c(Cl)cc23)C[C@H]1C. The Morgan fingerprint density at radius 2 is 1.86 bits per heavy atom. The molecule has 0 saturated carbocycles. The van der Waals surface area contributed by atoms with Gasteiger partial charge in [-0.3, -0.25) is 9.69 Å². The van der Waals surface area contributed by atoms with Crippen molar-refractivity contribution in [3.63, 3.8) is 0 Å². The zero-order chi connectivity index (χ0) is 30.5. The van der Waals surface area contributed by atoms with Crippen LogP contribution in [0, 0.1) is 11.6 Å². The Morgan fingerprint density at radius 3 is 2.49 bits per heavy atom. The Balaban J connectivity index is 0.00000423. The van der Waals surface area contributed by atoms with E-state index < -0.39 is 23.8 Å². The van der Waals surface area contributed by atoms with Crippen molar-refractivity contribution in [2.75, 3.05) is 49.6 Å². The smallest absolute Gasteiger partial charge is 0.251 e. The second-order valence-corrected chi connectivity index (χ2v) is 11.3. The Bertz CT molecular complexity index is 1520. The highest BCUT2D eigenvalue weighted by molar-refractivity contribution is 6.34. The quantitative estimate of drug-likeness (QED) is 0.273. The molecule has 0 unspecified atom stereocenters. The molecule has 43 heavy (non-hydrogen) atoms. The van der Waals surface area contributed by atoms with Gasteiger partial charge in [0.05, 0.1) is 17.1 Å². The summed E-state index contributed by atoms with van der Waals surface area (Å²) in [5, 5.41) is 10.5. The van der Waals surface area contributed by atoms with E-state index in [-0.39, 0.29) is 71.0 Å². The number of amides is 1. The van der Waals surface area contributed by atoms with Gasteiger partial charge in [-0.1, -0.05) is 31.7 Å². The number of hydrogen-bond acceptors (Lipinski definition) is 7. The molecule has 0 aliphatic carbocycles. The van der Waals surface area contributed by atoms with Crippen LogP contribution in [0.1, 0.15) is 21.3 Å². The van der Waals surface area contributed by atoms with Crippen molar-refractivity contribution < 1.29 is 27.5 Å². The lowest BCUT2D eigenvalue weighted by Crippen LogP contribution is -2.60. The van der Waals surface area contributed by atoms with Gasteiger partial charge in [0.2, 0.25) is 11.9 Å². The van der Waals surface area contributed by atoms with Crippen LogP contribution in [0.3, 0.4) is 0 Å². The van der Waals surface area contributed by atoms with E-state index >= 15 is 4.39 Å². The predicted octanol–water partition coefficient (Wildman–Crippen LogP) is 5.57. The summed E-state index contributed by atoms with van der Waals surface area (Å²) in [4.78, 5) is 28.7. The molecule has 3 heterocycles. The molecule has 1 N–H and O–H groups in total. The average Bonchev–Trinajstić information content (AvgIpc) is 2.89. The number of carbonyl (C=O) groups is 1. The summed E-state index contributed by atoms with van der Waals surface area (Å²) >= 11 is 6.55. The van der Waals surface area contributed by atoms with Gasteiger partial charge in [0.15, 0.2) is 5.82 Å². The summed E-state index contributed by atoms with van der Waals surface area (Å²) in [7, 11) is 1.61. The highest BCUT2D eigenvalue weighted by atomic mass is 35.5. The van der Waals surface area contributed by atoms with E-state index in [0.717, 1.165) is 6.07 Å². The van der Waals surface area contributed by atoms with Gasteiger partial charge >= 0.3 is 0 Å². The molecule has 8 nitrogen and oxygen atoms in total. The first-order valence-electron chi connectivity index (χ1n) is 13.5. The van der Waals surface area contributed by atoms with Crippen LogP contribution in [-0.2, 0) is 4.79 Å². The summed E-state index contributed by atoms with van der Waals surface area (Å²) in [5.41, 5.74) is -0.859. The van der Waals surface area contributed by atoms with E-state index in [4.69, 9.17) is 16.6 Å². The first-order chi connectivity index (χ1) is 19.9. The van der Waals surface area contributed by atoms with Crippen LogP contribution >= 0.6 is 11.6 Å². The van der Waals surface area contributed by atoms with Gasteiger partial charge < -0.3 is 19.8 Å². The largest absolute Gasteiger partial charge is 0.507 e. The number of phenols is 1. The number of halogens is 5. The number of aromatic hydroxyl groups is 1. The van der Waals surface area contributed by atoms with Crippen LogP contribution in [0.25, 0.3) is 22.0 Å². The lowest BCUT2D eigenvalue weighted by atomic mass is 10.00. The number of phenolic OH excluding ortho intramolecular Hbond substituents is 1. The van der Waals surface area contributed by atoms with Crippen LogP contribution in [-0.4, -0.2) is 95.1 Å². The number of likely N-dealkylation sites (N-methyl/N-ethyl adjacent to an activating group) is 1. The first-order valence-corrected chi connectivity index (χ1v) is 13.9. The maximum absolute atomic E-state index is 16.4. The number of benzene rings is 2. The highest BCUT2D eigenvalue weighted by Crippen LogP contribution is 2.43. The van der Waals surface area contributed by atoms with E-state index in [2.05, 4.69) is 11.6 Å². The van der Waals surface area contributed by atoms with Crippen molar-refractivity contribution in [3.05, 3.63) is 53.6 Å². The number of nitrogens with zero attached hydrogens (tertiary/aromatic N) is 6. The molecule has 2 aliphatic rings. The van der Waals surface area contributed by atoms with E-state index in [1.807, 2.05) is 18.7 Å². The van der Waals surface area contributed by atoms with Gasteiger partial charge in [-0.2, -0.15) is 4.98 Å². The minimum Gasteiger partial charge on any atom is -0.507 e. The lowest BCUT2D eigenvalue weighted by Gasteiger charge is -2.46. The number of rotatable bonds is 7. The molecule has 2 aliphatic heterocycles. The normalized spacial score (nSPS) is 19.2.